The SMILES string of the molecule is CC[C@@H](C(=O)Nc1nnc(-c2ccc(Cl)cc2)s1)N(c1cc([N+](=O)[O-])ccc1OC)S(C)(=O)=O. The van der Waals surface area contributed by atoms with E-state index in [9.17, 15) is 23.3 Å². The highest BCUT2D eigenvalue weighted by molar-refractivity contribution is 7.92. The summed E-state index contributed by atoms with van der Waals surface area (Å²) in [6.45, 7) is 1.62. The number of hydrogen-bond donors (Lipinski definition) is 1. The molecule has 11 nitrogen and oxygen atoms in total. The van der Waals surface area contributed by atoms with Crippen LogP contribution in [0, 0.1) is 10.1 Å². The zero-order valence-corrected chi connectivity index (χ0v) is 20.6. The Bertz CT molecular complexity index is 1310. The second-order valence-electron chi connectivity index (χ2n) is 7.00. The molecule has 0 aliphatic carbocycles. The van der Waals surface area contributed by atoms with Crippen LogP contribution >= 0.6 is 22.9 Å². The van der Waals surface area contributed by atoms with Crippen LogP contribution in [0.4, 0.5) is 16.5 Å². The number of amides is 1. The number of nitro benzene ring substituents is 1. The number of aromatic nitrogens is 2. The molecule has 1 heterocycles. The van der Waals surface area contributed by atoms with Crippen molar-refractivity contribution in [3.63, 3.8) is 0 Å². The molecule has 0 bridgehead atoms. The van der Waals surface area contributed by atoms with Crippen LogP contribution in [0.1, 0.15) is 13.3 Å². The second kappa shape index (κ2) is 10.3. The number of ether oxygens (including phenoxy) is 1. The molecule has 0 unspecified atom stereocenters. The molecule has 34 heavy (non-hydrogen) atoms. The Morgan fingerprint density at radius 3 is 2.50 bits per heavy atom. The maximum absolute atomic E-state index is 13.1. The first kappa shape index (κ1) is 25.3. The van der Waals surface area contributed by atoms with Gasteiger partial charge in [0.05, 0.1) is 18.3 Å². The fourth-order valence-corrected chi connectivity index (χ4v) is 5.26. The number of carbonyl (C=O) groups is 1. The summed E-state index contributed by atoms with van der Waals surface area (Å²) in [6.07, 6.45) is 0.971. The zero-order valence-electron chi connectivity index (χ0n) is 18.3. The molecule has 0 radical (unpaired) electrons. The summed E-state index contributed by atoms with van der Waals surface area (Å²) in [5.41, 5.74) is 0.269. The largest absolute Gasteiger partial charge is 0.495 e. The fraction of sp³-hybridized carbons (Fsp3) is 0.250. The number of hydrogen-bond acceptors (Lipinski definition) is 9. The summed E-state index contributed by atoms with van der Waals surface area (Å²) >= 11 is 7.00. The first-order valence-corrected chi connectivity index (χ1v) is 12.8. The number of carbonyl (C=O) groups excluding carboxylic acids is 1. The van der Waals surface area contributed by atoms with Gasteiger partial charge >= 0.3 is 0 Å². The van der Waals surface area contributed by atoms with Gasteiger partial charge in [0.15, 0.2) is 0 Å². The summed E-state index contributed by atoms with van der Waals surface area (Å²) in [7, 11) is -2.76. The van der Waals surface area contributed by atoms with Gasteiger partial charge in [0, 0.05) is 22.7 Å². The Morgan fingerprint density at radius 2 is 1.94 bits per heavy atom. The molecule has 3 aromatic rings. The topological polar surface area (TPSA) is 145 Å². The van der Waals surface area contributed by atoms with E-state index in [2.05, 4.69) is 15.5 Å². The molecule has 2 aromatic carbocycles. The maximum Gasteiger partial charge on any atom is 0.271 e. The van der Waals surface area contributed by atoms with Gasteiger partial charge in [-0.3, -0.25) is 24.5 Å². The van der Waals surface area contributed by atoms with Crippen LogP contribution < -0.4 is 14.4 Å². The molecule has 14 heteroatoms. The molecule has 0 saturated carbocycles. The quantitative estimate of drug-likeness (QED) is 0.326. The Labute approximate surface area is 204 Å². The highest BCUT2D eigenvalue weighted by Gasteiger charge is 2.35. The number of halogens is 1. The van der Waals surface area contributed by atoms with Crippen molar-refractivity contribution >= 4 is 55.4 Å². The van der Waals surface area contributed by atoms with E-state index < -0.39 is 26.9 Å². The summed E-state index contributed by atoms with van der Waals surface area (Å²) in [5, 5.41) is 23.1. The van der Waals surface area contributed by atoms with E-state index in [-0.39, 0.29) is 28.7 Å². The molecular formula is C20H20ClN5O6S2. The molecule has 1 aromatic heterocycles. The monoisotopic (exact) mass is 525 g/mol. The number of anilines is 2. The highest BCUT2D eigenvalue weighted by Crippen LogP contribution is 2.36. The third-order valence-electron chi connectivity index (χ3n) is 4.69. The summed E-state index contributed by atoms with van der Waals surface area (Å²) < 4.78 is 31.5. The van der Waals surface area contributed by atoms with Crippen molar-refractivity contribution in [3.8, 4) is 16.3 Å². The van der Waals surface area contributed by atoms with Crippen molar-refractivity contribution in [3.05, 3.63) is 57.6 Å². The Hall–Kier alpha value is -3.29. The van der Waals surface area contributed by atoms with Crippen LogP contribution in [-0.2, 0) is 14.8 Å². The lowest BCUT2D eigenvalue weighted by atomic mass is 10.1. The van der Waals surface area contributed by atoms with Gasteiger partial charge in [-0.15, -0.1) is 10.2 Å². The van der Waals surface area contributed by atoms with E-state index in [1.165, 1.54) is 19.2 Å². The normalized spacial score (nSPS) is 12.1. The van der Waals surface area contributed by atoms with Gasteiger partial charge in [-0.25, -0.2) is 8.42 Å². The van der Waals surface area contributed by atoms with E-state index in [1.54, 1.807) is 31.2 Å². The van der Waals surface area contributed by atoms with Crippen molar-refractivity contribution in [1.29, 1.82) is 0 Å². The number of sulfonamides is 1. The molecule has 1 amide bonds. The lowest BCUT2D eigenvalue weighted by Crippen LogP contribution is -2.47. The number of nitrogens with zero attached hydrogens (tertiary/aromatic N) is 4. The lowest BCUT2D eigenvalue weighted by Gasteiger charge is -2.30. The van der Waals surface area contributed by atoms with Crippen molar-refractivity contribution in [2.24, 2.45) is 0 Å². The standard InChI is InChI=1S/C20H20ClN5O6S2/c1-4-15(18(27)22-20-24-23-19(33-20)12-5-7-13(21)8-6-12)25(34(3,30)31)16-11-14(26(28)29)9-10-17(16)32-2/h5-11,15H,4H2,1-3H3,(H,22,24,27)/t15-/m0/s1. The van der Waals surface area contributed by atoms with Gasteiger partial charge in [-0.1, -0.05) is 42.0 Å². The van der Waals surface area contributed by atoms with Crippen LogP contribution in [-0.4, -0.2) is 48.9 Å². The number of methoxy groups -OCH3 is 1. The van der Waals surface area contributed by atoms with E-state index in [0.717, 1.165) is 33.5 Å². The molecule has 0 spiro atoms. The van der Waals surface area contributed by atoms with Crippen LogP contribution in [0.25, 0.3) is 10.6 Å². The predicted octanol–water partition coefficient (Wildman–Crippen LogP) is 3.96. The minimum absolute atomic E-state index is 0.0585. The van der Waals surface area contributed by atoms with Crippen LogP contribution in [0.15, 0.2) is 42.5 Å². The smallest absolute Gasteiger partial charge is 0.271 e. The number of non-ortho nitro benzene ring substituents is 1. The molecule has 1 N–H and O–H groups in total. The fourth-order valence-electron chi connectivity index (χ4n) is 3.17. The van der Waals surface area contributed by atoms with Crippen LogP contribution in [0.2, 0.25) is 5.02 Å². The number of benzene rings is 2. The zero-order chi connectivity index (χ0) is 25.0. The van der Waals surface area contributed by atoms with Gasteiger partial charge in [-0.05, 0) is 24.6 Å². The molecule has 0 aliphatic heterocycles. The van der Waals surface area contributed by atoms with Gasteiger partial charge in [0.2, 0.25) is 21.1 Å². The van der Waals surface area contributed by atoms with Gasteiger partial charge in [0.1, 0.15) is 22.5 Å². The minimum Gasteiger partial charge on any atom is -0.495 e. The average Bonchev–Trinajstić information content (AvgIpc) is 3.24. The minimum atomic E-state index is -4.06. The Balaban J connectivity index is 1.95. The third-order valence-corrected chi connectivity index (χ3v) is 6.99. The van der Waals surface area contributed by atoms with E-state index in [0.29, 0.717) is 10.0 Å². The Kier molecular flexibility index (Phi) is 7.69. The van der Waals surface area contributed by atoms with E-state index in [1.807, 2.05) is 0 Å². The van der Waals surface area contributed by atoms with Crippen molar-refractivity contribution in [2.75, 3.05) is 23.0 Å². The third kappa shape index (κ3) is 5.61. The molecule has 0 saturated heterocycles. The van der Waals surface area contributed by atoms with Gasteiger partial charge in [0.25, 0.3) is 5.69 Å². The van der Waals surface area contributed by atoms with E-state index >= 15 is 0 Å². The van der Waals surface area contributed by atoms with Crippen molar-refractivity contribution in [1.82, 2.24) is 10.2 Å². The maximum atomic E-state index is 13.1. The van der Waals surface area contributed by atoms with E-state index in [4.69, 9.17) is 16.3 Å². The molecule has 180 valence electrons. The van der Waals surface area contributed by atoms with Crippen molar-refractivity contribution < 1.29 is 22.9 Å². The first-order chi connectivity index (χ1) is 16.0. The van der Waals surface area contributed by atoms with Gasteiger partial charge < -0.3 is 4.74 Å². The van der Waals surface area contributed by atoms with Gasteiger partial charge in [-0.2, -0.15) is 0 Å². The summed E-state index contributed by atoms with van der Waals surface area (Å²) in [4.78, 5) is 23.8. The molecule has 0 fully saturated rings. The molecular weight excluding hydrogens is 506 g/mol. The molecule has 1 atom stereocenters. The summed E-state index contributed by atoms with van der Waals surface area (Å²) in [6, 6.07) is 9.17. The highest BCUT2D eigenvalue weighted by atomic mass is 35.5. The van der Waals surface area contributed by atoms with Crippen LogP contribution in [0.3, 0.4) is 0 Å². The average molecular weight is 526 g/mol. The summed E-state index contributed by atoms with van der Waals surface area (Å²) in [5.74, 6) is -0.622. The van der Waals surface area contributed by atoms with Crippen LogP contribution in [0.5, 0.6) is 5.75 Å². The predicted molar refractivity (Wildman–Crippen MR) is 130 cm³/mol. The lowest BCUT2D eigenvalue weighted by molar-refractivity contribution is -0.384. The first-order valence-electron chi connectivity index (χ1n) is 9.77. The molecule has 0 aliphatic rings. The number of nitrogens with one attached hydrogen (secondary N) is 1. The molecule has 3 rings (SSSR count). The second-order valence-corrected chi connectivity index (χ2v) is 10.3. The number of rotatable bonds is 9. The van der Waals surface area contributed by atoms with Crippen molar-refractivity contribution in [2.45, 2.75) is 19.4 Å². The Morgan fingerprint density at radius 1 is 1.26 bits per heavy atom. The number of nitro groups is 1.